The Morgan fingerprint density at radius 1 is 1.26 bits per heavy atom. The van der Waals surface area contributed by atoms with Crippen LogP contribution in [0.25, 0.3) is 0 Å². The van der Waals surface area contributed by atoms with Gasteiger partial charge in [-0.05, 0) is 36.2 Å². The maximum atomic E-state index is 11.7. The molecule has 0 radical (unpaired) electrons. The number of amides is 1. The molecule has 19 heavy (non-hydrogen) atoms. The van der Waals surface area contributed by atoms with Crippen LogP contribution in [-0.2, 0) is 17.8 Å². The van der Waals surface area contributed by atoms with Gasteiger partial charge in [-0.15, -0.1) is 0 Å². The zero-order chi connectivity index (χ0) is 13.5. The SMILES string of the molecule is COc1cccc(CCNC(=O)Cn2cccc2)c1. The molecule has 1 N–H and O–H groups in total. The highest BCUT2D eigenvalue weighted by Crippen LogP contribution is 2.12. The number of rotatable bonds is 6. The number of nitrogens with zero attached hydrogens (tertiary/aromatic N) is 1. The highest BCUT2D eigenvalue weighted by molar-refractivity contribution is 5.75. The third-order valence-corrected chi connectivity index (χ3v) is 2.86. The van der Waals surface area contributed by atoms with Crippen LogP contribution in [0.15, 0.2) is 48.8 Å². The van der Waals surface area contributed by atoms with Gasteiger partial charge in [0.25, 0.3) is 0 Å². The third kappa shape index (κ3) is 4.17. The normalized spacial score (nSPS) is 10.2. The largest absolute Gasteiger partial charge is 0.497 e. The van der Waals surface area contributed by atoms with Crippen LogP contribution in [0.1, 0.15) is 5.56 Å². The molecule has 1 aromatic heterocycles. The average Bonchev–Trinajstić information content (AvgIpc) is 2.92. The number of aromatic nitrogens is 1. The van der Waals surface area contributed by atoms with E-state index in [4.69, 9.17) is 4.74 Å². The zero-order valence-corrected chi connectivity index (χ0v) is 11.0. The summed E-state index contributed by atoms with van der Waals surface area (Å²) in [5.41, 5.74) is 1.15. The van der Waals surface area contributed by atoms with Crippen LogP contribution < -0.4 is 10.1 Å². The molecular formula is C15H18N2O2. The van der Waals surface area contributed by atoms with Crippen LogP contribution in [0.2, 0.25) is 0 Å². The quantitative estimate of drug-likeness (QED) is 0.859. The van der Waals surface area contributed by atoms with E-state index in [1.807, 2.05) is 53.4 Å². The van der Waals surface area contributed by atoms with Gasteiger partial charge in [0, 0.05) is 18.9 Å². The van der Waals surface area contributed by atoms with Crippen molar-refractivity contribution in [3.05, 3.63) is 54.4 Å². The molecule has 4 heteroatoms. The molecule has 2 rings (SSSR count). The predicted molar refractivity (Wildman–Crippen MR) is 74.1 cm³/mol. The topological polar surface area (TPSA) is 43.3 Å². The maximum absolute atomic E-state index is 11.7. The molecule has 0 aliphatic heterocycles. The molecule has 0 fully saturated rings. The molecule has 0 aliphatic carbocycles. The van der Waals surface area contributed by atoms with Crippen molar-refractivity contribution < 1.29 is 9.53 Å². The number of carbonyl (C=O) groups is 1. The second-order valence-electron chi connectivity index (χ2n) is 4.31. The Morgan fingerprint density at radius 2 is 2.05 bits per heavy atom. The molecular weight excluding hydrogens is 240 g/mol. The van der Waals surface area contributed by atoms with E-state index in [1.54, 1.807) is 7.11 Å². The van der Waals surface area contributed by atoms with Crippen LogP contribution in [0, 0.1) is 0 Å². The number of ether oxygens (including phenoxy) is 1. The van der Waals surface area contributed by atoms with Crippen LogP contribution in [0.5, 0.6) is 5.75 Å². The fraction of sp³-hybridized carbons (Fsp3) is 0.267. The molecule has 0 unspecified atom stereocenters. The van der Waals surface area contributed by atoms with Crippen molar-refractivity contribution in [2.45, 2.75) is 13.0 Å². The Hall–Kier alpha value is -2.23. The number of carbonyl (C=O) groups excluding carboxylic acids is 1. The minimum absolute atomic E-state index is 0.0269. The fourth-order valence-electron chi connectivity index (χ4n) is 1.87. The average molecular weight is 258 g/mol. The molecule has 0 saturated heterocycles. The molecule has 0 bridgehead atoms. The summed E-state index contributed by atoms with van der Waals surface area (Å²) in [6, 6.07) is 11.7. The van der Waals surface area contributed by atoms with Gasteiger partial charge in [0.2, 0.25) is 5.91 Å². The van der Waals surface area contributed by atoms with E-state index in [9.17, 15) is 4.79 Å². The molecule has 0 spiro atoms. The summed E-state index contributed by atoms with van der Waals surface area (Å²) in [5, 5.41) is 2.91. The molecule has 0 atom stereocenters. The number of nitrogens with one attached hydrogen (secondary N) is 1. The molecule has 2 aromatic rings. The molecule has 4 nitrogen and oxygen atoms in total. The summed E-state index contributed by atoms with van der Waals surface area (Å²) in [6.07, 6.45) is 4.55. The maximum Gasteiger partial charge on any atom is 0.239 e. The van der Waals surface area contributed by atoms with Crippen molar-refractivity contribution in [1.29, 1.82) is 0 Å². The lowest BCUT2D eigenvalue weighted by atomic mass is 10.1. The van der Waals surface area contributed by atoms with Crippen LogP contribution in [-0.4, -0.2) is 24.1 Å². The van der Waals surface area contributed by atoms with E-state index in [1.165, 1.54) is 0 Å². The Balaban J connectivity index is 1.75. The summed E-state index contributed by atoms with van der Waals surface area (Å²) >= 11 is 0. The molecule has 0 aliphatic rings. The number of hydrogen-bond acceptors (Lipinski definition) is 2. The second-order valence-corrected chi connectivity index (χ2v) is 4.31. The van der Waals surface area contributed by atoms with Crippen molar-refractivity contribution in [2.75, 3.05) is 13.7 Å². The van der Waals surface area contributed by atoms with E-state index in [0.717, 1.165) is 17.7 Å². The first kappa shape index (κ1) is 13.2. The van der Waals surface area contributed by atoms with Crippen LogP contribution in [0.4, 0.5) is 0 Å². The van der Waals surface area contributed by atoms with Gasteiger partial charge in [-0.25, -0.2) is 0 Å². The zero-order valence-electron chi connectivity index (χ0n) is 11.0. The van der Waals surface area contributed by atoms with E-state index in [0.29, 0.717) is 13.1 Å². The summed E-state index contributed by atoms with van der Waals surface area (Å²) in [4.78, 5) is 11.7. The summed E-state index contributed by atoms with van der Waals surface area (Å²) in [6.45, 7) is 0.998. The monoisotopic (exact) mass is 258 g/mol. The van der Waals surface area contributed by atoms with Crippen molar-refractivity contribution in [3.63, 3.8) is 0 Å². The standard InChI is InChI=1S/C15H18N2O2/c1-19-14-6-4-5-13(11-14)7-8-16-15(18)12-17-9-2-3-10-17/h2-6,9-11H,7-8,12H2,1H3,(H,16,18). The number of methoxy groups -OCH3 is 1. The van der Waals surface area contributed by atoms with Crippen molar-refractivity contribution in [3.8, 4) is 5.75 Å². The highest BCUT2D eigenvalue weighted by Gasteiger charge is 2.01. The van der Waals surface area contributed by atoms with E-state index in [2.05, 4.69) is 5.32 Å². The molecule has 0 saturated carbocycles. The minimum atomic E-state index is 0.0269. The fourth-order valence-corrected chi connectivity index (χ4v) is 1.87. The molecule has 100 valence electrons. The van der Waals surface area contributed by atoms with Gasteiger partial charge in [0.15, 0.2) is 0 Å². The first-order chi connectivity index (χ1) is 9.28. The molecule has 1 heterocycles. The predicted octanol–water partition coefficient (Wildman–Crippen LogP) is 1.86. The van der Waals surface area contributed by atoms with E-state index < -0.39 is 0 Å². The van der Waals surface area contributed by atoms with Gasteiger partial charge in [-0.2, -0.15) is 0 Å². The summed E-state index contributed by atoms with van der Waals surface area (Å²) in [5.74, 6) is 0.871. The summed E-state index contributed by atoms with van der Waals surface area (Å²) < 4.78 is 7.01. The van der Waals surface area contributed by atoms with Gasteiger partial charge < -0.3 is 14.6 Å². The third-order valence-electron chi connectivity index (χ3n) is 2.86. The lowest BCUT2D eigenvalue weighted by Gasteiger charge is -2.07. The lowest BCUT2D eigenvalue weighted by molar-refractivity contribution is -0.121. The van der Waals surface area contributed by atoms with Crippen LogP contribution in [0.3, 0.4) is 0 Å². The second kappa shape index (κ2) is 6.64. The molecule has 1 aromatic carbocycles. The van der Waals surface area contributed by atoms with Gasteiger partial charge >= 0.3 is 0 Å². The first-order valence-electron chi connectivity index (χ1n) is 6.28. The van der Waals surface area contributed by atoms with Gasteiger partial charge in [0.1, 0.15) is 12.3 Å². The Bertz CT molecular complexity index is 521. The van der Waals surface area contributed by atoms with Gasteiger partial charge in [-0.3, -0.25) is 4.79 Å². The number of hydrogen-bond donors (Lipinski definition) is 1. The van der Waals surface area contributed by atoms with Gasteiger partial charge in [-0.1, -0.05) is 12.1 Å². The highest BCUT2D eigenvalue weighted by atomic mass is 16.5. The smallest absolute Gasteiger partial charge is 0.239 e. The summed E-state index contributed by atoms with van der Waals surface area (Å²) in [7, 11) is 1.65. The lowest BCUT2D eigenvalue weighted by Crippen LogP contribution is -2.28. The molecule has 1 amide bonds. The Morgan fingerprint density at radius 3 is 2.79 bits per heavy atom. The Kier molecular flexibility index (Phi) is 4.61. The van der Waals surface area contributed by atoms with Crippen molar-refractivity contribution in [1.82, 2.24) is 9.88 Å². The van der Waals surface area contributed by atoms with Gasteiger partial charge in [0.05, 0.1) is 7.11 Å². The van der Waals surface area contributed by atoms with Crippen molar-refractivity contribution >= 4 is 5.91 Å². The van der Waals surface area contributed by atoms with E-state index >= 15 is 0 Å². The van der Waals surface area contributed by atoms with Crippen LogP contribution >= 0.6 is 0 Å². The van der Waals surface area contributed by atoms with E-state index in [-0.39, 0.29) is 5.91 Å². The Labute approximate surface area is 113 Å². The number of benzene rings is 1. The van der Waals surface area contributed by atoms with Crippen molar-refractivity contribution in [2.24, 2.45) is 0 Å². The first-order valence-corrected chi connectivity index (χ1v) is 6.28. The minimum Gasteiger partial charge on any atom is -0.497 e.